The molecular weight excluding hydrogens is 242 g/mol. The fourth-order valence-electron chi connectivity index (χ4n) is 2.39. The maximum atomic E-state index is 10.9. The van der Waals surface area contributed by atoms with E-state index in [1.165, 1.54) is 13.3 Å². The number of ether oxygens (including phenoxy) is 1. The molecule has 2 rings (SSSR count). The molecule has 2 N–H and O–H groups in total. The molecule has 0 saturated heterocycles. The summed E-state index contributed by atoms with van der Waals surface area (Å²) in [6, 6.07) is 7.26. The van der Waals surface area contributed by atoms with Gasteiger partial charge >= 0.3 is 0 Å². The number of aliphatic hydroxyl groups is 1. The van der Waals surface area contributed by atoms with Crippen LogP contribution in [0, 0.1) is 0 Å². The van der Waals surface area contributed by atoms with Gasteiger partial charge in [-0.05, 0) is 43.5 Å². The zero-order valence-electron chi connectivity index (χ0n) is 11.3. The number of nitrogens with one attached hydrogen (secondary N) is 1. The van der Waals surface area contributed by atoms with Gasteiger partial charge in [-0.1, -0.05) is 12.8 Å². The molecule has 0 radical (unpaired) electrons. The first kappa shape index (κ1) is 13.9. The van der Waals surface area contributed by atoms with Crippen molar-refractivity contribution in [2.45, 2.75) is 51.2 Å². The van der Waals surface area contributed by atoms with Gasteiger partial charge in [0.1, 0.15) is 11.9 Å². The van der Waals surface area contributed by atoms with Crippen molar-refractivity contribution in [3.05, 3.63) is 24.3 Å². The molecule has 1 amide bonds. The molecule has 0 spiro atoms. The number of amides is 1. The van der Waals surface area contributed by atoms with Crippen LogP contribution >= 0.6 is 0 Å². The van der Waals surface area contributed by atoms with Gasteiger partial charge in [0, 0.05) is 12.6 Å². The van der Waals surface area contributed by atoms with Gasteiger partial charge in [0.05, 0.1) is 6.10 Å². The second-order valence-corrected chi connectivity index (χ2v) is 5.07. The highest BCUT2D eigenvalue weighted by molar-refractivity contribution is 5.88. The lowest BCUT2D eigenvalue weighted by molar-refractivity contribution is -0.114. The first-order chi connectivity index (χ1) is 9.15. The lowest BCUT2D eigenvalue weighted by Gasteiger charge is -2.22. The van der Waals surface area contributed by atoms with Crippen molar-refractivity contribution in [2.75, 3.05) is 5.32 Å². The van der Waals surface area contributed by atoms with Gasteiger partial charge in [-0.25, -0.2) is 0 Å². The third kappa shape index (κ3) is 4.24. The van der Waals surface area contributed by atoms with Crippen LogP contribution in [-0.4, -0.2) is 23.2 Å². The summed E-state index contributed by atoms with van der Waals surface area (Å²) >= 11 is 0. The third-order valence-electron chi connectivity index (χ3n) is 3.38. The van der Waals surface area contributed by atoms with Crippen LogP contribution in [0.3, 0.4) is 0 Å². The van der Waals surface area contributed by atoms with Gasteiger partial charge in [-0.2, -0.15) is 0 Å². The van der Waals surface area contributed by atoms with E-state index < -0.39 is 0 Å². The monoisotopic (exact) mass is 263 g/mol. The quantitative estimate of drug-likeness (QED) is 0.824. The van der Waals surface area contributed by atoms with Gasteiger partial charge in [0.25, 0.3) is 0 Å². The maximum Gasteiger partial charge on any atom is 0.221 e. The summed E-state index contributed by atoms with van der Waals surface area (Å²) in [4.78, 5) is 10.9. The van der Waals surface area contributed by atoms with E-state index in [1.807, 2.05) is 12.1 Å². The summed E-state index contributed by atoms with van der Waals surface area (Å²) in [6.45, 7) is 1.48. The largest absolute Gasteiger partial charge is 0.488 e. The Bertz CT molecular complexity index is 416. The standard InChI is InChI=1S/C15H21NO3/c1-11(17)16-12-7-9-13(10-8-12)19-15-6-4-2-3-5-14(15)18/h7-10,14-15,18H,2-6H2,1H3,(H,16,17). The molecule has 1 aromatic carbocycles. The predicted molar refractivity (Wildman–Crippen MR) is 74.3 cm³/mol. The van der Waals surface area contributed by atoms with Gasteiger partial charge in [-0.15, -0.1) is 0 Å². The minimum Gasteiger partial charge on any atom is -0.488 e. The molecule has 1 aromatic rings. The molecule has 19 heavy (non-hydrogen) atoms. The molecule has 1 saturated carbocycles. The third-order valence-corrected chi connectivity index (χ3v) is 3.38. The number of rotatable bonds is 3. The van der Waals surface area contributed by atoms with Crippen molar-refractivity contribution in [3.63, 3.8) is 0 Å². The molecule has 0 bridgehead atoms. The average Bonchev–Trinajstić information content (AvgIpc) is 2.57. The zero-order chi connectivity index (χ0) is 13.7. The summed E-state index contributed by atoms with van der Waals surface area (Å²) in [5.74, 6) is 0.646. The number of carbonyl (C=O) groups is 1. The van der Waals surface area contributed by atoms with E-state index in [0.717, 1.165) is 37.1 Å². The Balaban J connectivity index is 1.96. The average molecular weight is 263 g/mol. The fraction of sp³-hybridized carbons (Fsp3) is 0.533. The molecule has 2 unspecified atom stereocenters. The molecular formula is C15H21NO3. The van der Waals surface area contributed by atoms with Crippen molar-refractivity contribution in [2.24, 2.45) is 0 Å². The minimum absolute atomic E-state index is 0.0899. The molecule has 0 heterocycles. The van der Waals surface area contributed by atoms with E-state index in [2.05, 4.69) is 5.32 Å². The number of benzene rings is 1. The van der Waals surface area contributed by atoms with E-state index in [-0.39, 0.29) is 18.1 Å². The predicted octanol–water partition coefficient (Wildman–Crippen LogP) is 2.72. The highest BCUT2D eigenvalue weighted by Gasteiger charge is 2.23. The van der Waals surface area contributed by atoms with Crippen molar-refractivity contribution in [3.8, 4) is 5.75 Å². The SMILES string of the molecule is CC(=O)Nc1ccc(OC2CCCCCC2O)cc1. The molecule has 2 atom stereocenters. The normalized spacial score (nSPS) is 23.5. The van der Waals surface area contributed by atoms with Gasteiger partial charge in [0.2, 0.25) is 5.91 Å². The van der Waals surface area contributed by atoms with Crippen LogP contribution < -0.4 is 10.1 Å². The number of aliphatic hydroxyl groups excluding tert-OH is 1. The lowest BCUT2D eigenvalue weighted by Crippen LogP contribution is -2.30. The lowest BCUT2D eigenvalue weighted by atomic mass is 10.1. The number of hydrogen-bond donors (Lipinski definition) is 2. The van der Waals surface area contributed by atoms with Crippen LogP contribution in [0.25, 0.3) is 0 Å². The summed E-state index contributed by atoms with van der Waals surface area (Å²) < 4.78 is 5.84. The van der Waals surface area contributed by atoms with Crippen LogP contribution in [0.1, 0.15) is 39.0 Å². The first-order valence-electron chi connectivity index (χ1n) is 6.87. The molecule has 0 aliphatic heterocycles. The Morgan fingerprint density at radius 2 is 1.89 bits per heavy atom. The van der Waals surface area contributed by atoms with E-state index in [9.17, 15) is 9.90 Å². The zero-order valence-corrected chi connectivity index (χ0v) is 11.3. The van der Waals surface area contributed by atoms with Crippen molar-refractivity contribution < 1.29 is 14.6 Å². The van der Waals surface area contributed by atoms with Crippen LogP contribution in [0.15, 0.2) is 24.3 Å². The molecule has 104 valence electrons. The molecule has 1 aliphatic rings. The van der Waals surface area contributed by atoms with Crippen LogP contribution in [-0.2, 0) is 4.79 Å². The Morgan fingerprint density at radius 3 is 2.58 bits per heavy atom. The maximum absolute atomic E-state index is 10.9. The molecule has 1 fully saturated rings. The topological polar surface area (TPSA) is 58.6 Å². The van der Waals surface area contributed by atoms with Gasteiger partial charge in [-0.3, -0.25) is 4.79 Å². The second kappa shape index (κ2) is 6.57. The highest BCUT2D eigenvalue weighted by Crippen LogP contribution is 2.24. The highest BCUT2D eigenvalue weighted by atomic mass is 16.5. The molecule has 1 aliphatic carbocycles. The Kier molecular flexibility index (Phi) is 4.80. The van der Waals surface area contributed by atoms with Crippen LogP contribution in [0.4, 0.5) is 5.69 Å². The number of carbonyl (C=O) groups excluding carboxylic acids is 1. The number of hydrogen-bond acceptors (Lipinski definition) is 3. The summed E-state index contributed by atoms with van der Waals surface area (Å²) in [6.07, 6.45) is 4.56. The van der Waals surface area contributed by atoms with Gasteiger partial charge < -0.3 is 15.2 Å². The summed E-state index contributed by atoms with van der Waals surface area (Å²) in [5.41, 5.74) is 0.751. The Hall–Kier alpha value is -1.55. The summed E-state index contributed by atoms with van der Waals surface area (Å²) in [7, 11) is 0. The van der Waals surface area contributed by atoms with Gasteiger partial charge in [0.15, 0.2) is 0 Å². The molecule has 0 aromatic heterocycles. The van der Waals surface area contributed by atoms with E-state index in [4.69, 9.17) is 4.74 Å². The van der Waals surface area contributed by atoms with Crippen LogP contribution in [0.5, 0.6) is 5.75 Å². The van der Waals surface area contributed by atoms with Crippen LogP contribution in [0.2, 0.25) is 0 Å². The first-order valence-corrected chi connectivity index (χ1v) is 6.87. The van der Waals surface area contributed by atoms with E-state index in [0.29, 0.717) is 0 Å². The van der Waals surface area contributed by atoms with Crippen molar-refractivity contribution in [1.82, 2.24) is 0 Å². The Labute approximate surface area is 113 Å². The fourth-order valence-corrected chi connectivity index (χ4v) is 2.39. The minimum atomic E-state index is -0.377. The second-order valence-electron chi connectivity index (χ2n) is 5.07. The summed E-state index contributed by atoms with van der Waals surface area (Å²) in [5, 5.41) is 12.7. The smallest absolute Gasteiger partial charge is 0.221 e. The van der Waals surface area contributed by atoms with Crippen molar-refractivity contribution >= 4 is 11.6 Å². The van der Waals surface area contributed by atoms with E-state index in [1.54, 1.807) is 12.1 Å². The van der Waals surface area contributed by atoms with E-state index >= 15 is 0 Å². The Morgan fingerprint density at radius 1 is 1.21 bits per heavy atom. The van der Waals surface area contributed by atoms with Crippen molar-refractivity contribution in [1.29, 1.82) is 0 Å². The molecule has 4 heteroatoms. The number of anilines is 1. The molecule has 4 nitrogen and oxygen atoms in total.